The smallest absolute Gasteiger partial charge is 0.254 e. The molecular formula is C20H24N6OS. The van der Waals surface area contributed by atoms with Crippen molar-refractivity contribution in [2.24, 2.45) is 0 Å². The lowest BCUT2D eigenvalue weighted by atomic mass is 9.96. The first-order valence-electron chi connectivity index (χ1n) is 9.85. The third kappa shape index (κ3) is 3.10. The van der Waals surface area contributed by atoms with Crippen molar-refractivity contribution < 1.29 is 4.79 Å². The van der Waals surface area contributed by atoms with Crippen molar-refractivity contribution in [3.05, 3.63) is 40.4 Å². The normalized spacial score (nSPS) is 18.6. The van der Waals surface area contributed by atoms with E-state index in [1.165, 1.54) is 0 Å². The van der Waals surface area contributed by atoms with Crippen molar-refractivity contribution in [1.29, 1.82) is 0 Å². The molecule has 1 amide bonds. The molecule has 146 valence electrons. The number of thiazole rings is 1. The van der Waals surface area contributed by atoms with Crippen LogP contribution in [0.25, 0.3) is 10.2 Å². The van der Waals surface area contributed by atoms with Gasteiger partial charge in [0.1, 0.15) is 5.82 Å². The Hall–Kier alpha value is -2.32. The zero-order valence-electron chi connectivity index (χ0n) is 16.3. The number of carbonyl (C=O) groups is 1. The largest absolute Gasteiger partial charge is 0.329 e. The average molecular weight is 397 g/mol. The molecule has 1 aromatic carbocycles. The Labute approximate surface area is 168 Å². The molecule has 2 aliphatic rings. The summed E-state index contributed by atoms with van der Waals surface area (Å²) >= 11 is 1.63. The number of likely N-dealkylation sites (tertiary alicyclic amines) is 1. The molecule has 28 heavy (non-hydrogen) atoms. The molecule has 3 aromatic rings. The second-order valence-electron chi connectivity index (χ2n) is 7.85. The molecule has 5 rings (SSSR count). The average Bonchev–Trinajstić information content (AvgIpc) is 3.29. The lowest BCUT2D eigenvalue weighted by Crippen LogP contribution is -2.39. The molecule has 7 nitrogen and oxygen atoms in total. The topological polar surface area (TPSA) is 67.2 Å². The summed E-state index contributed by atoms with van der Waals surface area (Å²) in [6, 6.07) is 5.79. The third-order valence-corrected chi connectivity index (χ3v) is 6.83. The molecule has 0 unspecified atom stereocenters. The highest BCUT2D eigenvalue weighted by Gasteiger charge is 2.29. The van der Waals surface area contributed by atoms with E-state index in [4.69, 9.17) is 0 Å². The molecular weight excluding hydrogens is 372 g/mol. The number of aryl methyl sites for hydroxylation is 1. The quantitative estimate of drug-likeness (QED) is 0.666. The molecule has 0 aliphatic carbocycles. The van der Waals surface area contributed by atoms with E-state index < -0.39 is 0 Å². The van der Waals surface area contributed by atoms with Crippen molar-refractivity contribution in [3.8, 4) is 0 Å². The minimum absolute atomic E-state index is 0.0584. The maximum atomic E-state index is 13.1. The first-order chi connectivity index (χ1) is 13.6. The Bertz CT molecular complexity index is 1030. The Kier molecular flexibility index (Phi) is 4.40. The highest BCUT2D eigenvalue weighted by Crippen LogP contribution is 2.29. The van der Waals surface area contributed by atoms with Crippen molar-refractivity contribution in [3.63, 3.8) is 0 Å². The highest BCUT2D eigenvalue weighted by atomic mass is 32.1. The summed E-state index contributed by atoms with van der Waals surface area (Å²) in [6.07, 6.45) is 2.26. The molecule has 2 aromatic heterocycles. The Balaban J connectivity index is 1.34. The fourth-order valence-electron chi connectivity index (χ4n) is 4.28. The van der Waals surface area contributed by atoms with Gasteiger partial charge in [-0.3, -0.25) is 4.79 Å². The van der Waals surface area contributed by atoms with Crippen LogP contribution >= 0.6 is 11.3 Å². The van der Waals surface area contributed by atoms with Gasteiger partial charge in [-0.2, -0.15) is 0 Å². The molecule has 1 saturated heterocycles. The van der Waals surface area contributed by atoms with Gasteiger partial charge in [0.15, 0.2) is 5.82 Å². The number of amides is 1. The highest BCUT2D eigenvalue weighted by molar-refractivity contribution is 7.18. The number of piperidine rings is 1. The predicted octanol–water partition coefficient (Wildman–Crippen LogP) is 2.66. The second kappa shape index (κ2) is 6.93. The van der Waals surface area contributed by atoms with E-state index in [0.29, 0.717) is 19.0 Å². The minimum atomic E-state index is 0.0584. The van der Waals surface area contributed by atoms with Gasteiger partial charge in [-0.25, -0.2) is 4.98 Å². The molecule has 0 atom stereocenters. The van der Waals surface area contributed by atoms with Crippen LogP contribution in [0.3, 0.4) is 0 Å². The molecule has 0 radical (unpaired) electrons. The van der Waals surface area contributed by atoms with Crippen LogP contribution < -0.4 is 0 Å². The van der Waals surface area contributed by atoms with Crippen molar-refractivity contribution in [2.45, 2.75) is 38.8 Å². The molecule has 8 heteroatoms. The molecule has 0 spiro atoms. The van der Waals surface area contributed by atoms with E-state index >= 15 is 0 Å². The van der Waals surface area contributed by atoms with Crippen LogP contribution in [-0.2, 0) is 13.1 Å². The second-order valence-corrected chi connectivity index (χ2v) is 9.08. The van der Waals surface area contributed by atoms with Gasteiger partial charge in [0, 0.05) is 24.6 Å². The standard InChI is InChI=1S/C20H24N6OS/c1-13-21-16-4-3-15(11-17(16)28-13)20(27)25-9-10-26-18(12-25)22-23-19(26)14-5-7-24(2)8-6-14/h3-4,11,14H,5-10,12H2,1-2H3. The number of fused-ring (bicyclic) bond motifs is 2. The summed E-state index contributed by atoms with van der Waals surface area (Å²) in [6.45, 7) is 6.21. The van der Waals surface area contributed by atoms with E-state index in [-0.39, 0.29) is 5.91 Å². The maximum absolute atomic E-state index is 13.1. The molecule has 0 saturated carbocycles. The fraction of sp³-hybridized carbons (Fsp3) is 0.500. The van der Waals surface area contributed by atoms with Crippen LogP contribution in [0.4, 0.5) is 0 Å². The van der Waals surface area contributed by atoms with Gasteiger partial charge in [0.2, 0.25) is 0 Å². The number of hydrogen-bond acceptors (Lipinski definition) is 6. The summed E-state index contributed by atoms with van der Waals surface area (Å²) < 4.78 is 3.31. The van der Waals surface area contributed by atoms with Gasteiger partial charge in [-0.15, -0.1) is 21.5 Å². The van der Waals surface area contributed by atoms with Crippen molar-refractivity contribution in [2.75, 3.05) is 26.7 Å². The van der Waals surface area contributed by atoms with Gasteiger partial charge < -0.3 is 14.4 Å². The van der Waals surface area contributed by atoms with Crippen LogP contribution in [0.2, 0.25) is 0 Å². The van der Waals surface area contributed by atoms with Gasteiger partial charge >= 0.3 is 0 Å². The number of hydrogen-bond donors (Lipinski definition) is 0. The minimum Gasteiger partial charge on any atom is -0.329 e. The number of aromatic nitrogens is 4. The molecule has 4 heterocycles. The van der Waals surface area contributed by atoms with E-state index in [1.54, 1.807) is 11.3 Å². The Morgan fingerprint density at radius 2 is 1.96 bits per heavy atom. The number of carbonyl (C=O) groups excluding carboxylic acids is 1. The fourth-order valence-corrected chi connectivity index (χ4v) is 5.14. The summed E-state index contributed by atoms with van der Waals surface area (Å²) in [5, 5.41) is 9.96. The molecule has 0 bridgehead atoms. The van der Waals surface area contributed by atoms with Crippen LogP contribution in [0.1, 0.15) is 45.8 Å². The maximum Gasteiger partial charge on any atom is 0.254 e. The van der Waals surface area contributed by atoms with Gasteiger partial charge in [-0.05, 0) is 58.1 Å². The van der Waals surface area contributed by atoms with Crippen LogP contribution in [-0.4, -0.2) is 62.1 Å². The number of nitrogens with zero attached hydrogens (tertiary/aromatic N) is 6. The Morgan fingerprint density at radius 3 is 2.79 bits per heavy atom. The van der Waals surface area contributed by atoms with Crippen molar-refractivity contribution >= 4 is 27.5 Å². The number of benzene rings is 1. The van der Waals surface area contributed by atoms with Gasteiger partial charge in [0.25, 0.3) is 5.91 Å². The predicted molar refractivity (Wildman–Crippen MR) is 109 cm³/mol. The monoisotopic (exact) mass is 396 g/mol. The third-order valence-electron chi connectivity index (χ3n) is 5.90. The summed E-state index contributed by atoms with van der Waals surface area (Å²) in [5.41, 5.74) is 1.68. The molecule has 2 aliphatic heterocycles. The van der Waals surface area contributed by atoms with Crippen LogP contribution in [0.15, 0.2) is 18.2 Å². The SMILES string of the molecule is Cc1nc2ccc(C(=O)N3CCn4c(nnc4C4CCN(C)CC4)C3)cc2s1. The van der Waals surface area contributed by atoms with E-state index in [0.717, 1.165) is 64.9 Å². The summed E-state index contributed by atoms with van der Waals surface area (Å²) in [5.74, 6) is 2.56. The number of rotatable bonds is 2. The van der Waals surface area contributed by atoms with E-state index in [9.17, 15) is 4.79 Å². The van der Waals surface area contributed by atoms with Crippen molar-refractivity contribution in [1.82, 2.24) is 29.5 Å². The molecule has 0 N–H and O–H groups in total. The van der Waals surface area contributed by atoms with Gasteiger partial charge in [-0.1, -0.05) is 0 Å². The first kappa shape index (κ1) is 17.8. The zero-order chi connectivity index (χ0) is 19.3. The molecule has 1 fully saturated rings. The lowest BCUT2D eigenvalue weighted by Gasteiger charge is -2.31. The summed E-state index contributed by atoms with van der Waals surface area (Å²) in [7, 11) is 2.17. The van der Waals surface area contributed by atoms with Crippen LogP contribution in [0.5, 0.6) is 0 Å². The van der Waals surface area contributed by atoms with E-state index in [1.807, 2.05) is 30.0 Å². The summed E-state index contributed by atoms with van der Waals surface area (Å²) in [4.78, 5) is 21.8. The lowest BCUT2D eigenvalue weighted by molar-refractivity contribution is 0.0705. The zero-order valence-corrected chi connectivity index (χ0v) is 17.1. The van der Waals surface area contributed by atoms with Crippen LogP contribution in [0, 0.1) is 6.92 Å². The first-order valence-corrected chi connectivity index (χ1v) is 10.7. The van der Waals surface area contributed by atoms with Gasteiger partial charge in [0.05, 0.1) is 21.8 Å². The Morgan fingerprint density at radius 1 is 1.14 bits per heavy atom. The van der Waals surface area contributed by atoms with E-state index in [2.05, 4.69) is 31.7 Å².